The predicted molar refractivity (Wildman–Crippen MR) is 85.9 cm³/mol. The molecule has 0 radical (unpaired) electrons. The first-order valence-corrected chi connectivity index (χ1v) is 9.13. The topological polar surface area (TPSA) is 21.3 Å². The van der Waals surface area contributed by atoms with Crippen LogP contribution in [0, 0.1) is 23.7 Å². The summed E-state index contributed by atoms with van der Waals surface area (Å²) in [5, 5.41) is 3.68. The van der Waals surface area contributed by atoms with Crippen molar-refractivity contribution in [1.29, 1.82) is 0 Å². The Morgan fingerprint density at radius 3 is 2.70 bits per heavy atom. The lowest BCUT2D eigenvalue weighted by molar-refractivity contribution is -0.00353. The van der Waals surface area contributed by atoms with Gasteiger partial charge in [0.15, 0.2) is 0 Å². The van der Waals surface area contributed by atoms with Crippen molar-refractivity contribution in [2.45, 2.75) is 65.2 Å². The van der Waals surface area contributed by atoms with Crippen molar-refractivity contribution in [3.63, 3.8) is 0 Å². The van der Waals surface area contributed by atoms with Crippen LogP contribution in [-0.2, 0) is 4.74 Å². The van der Waals surface area contributed by atoms with E-state index in [1.54, 1.807) is 0 Å². The largest absolute Gasteiger partial charge is 0.381 e. The van der Waals surface area contributed by atoms with Gasteiger partial charge in [-0.05, 0) is 68.9 Å². The van der Waals surface area contributed by atoms with Crippen molar-refractivity contribution in [1.82, 2.24) is 5.32 Å². The first-order chi connectivity index (χ1) is 9.85. The zero-order valence-corrected chi connectivity index (χ0v) is 13.7. The van der Waals surface area contributed by atoms with E-state index in [1.807, 2.05) is 0 Å². The maximum absolute atomic E-state index is 5.78. The summed E-state index contributed by atoms with van der Waals surface area (Å²) in [6.07, 6.45) is 11.1. The van der Waals surface area contributed by atoms with E-state index in [4.69, 9.17) is 4.74 Å². The number of nitrogens with one attached hydrogen (secondary N) is 1. The fourth-order valence-electron chi connectivity index (χ4n) is 4.43. The van der Waals surface area contributed by atoms with Gasteiger partial charge in [0.05, 0.1) is 0 Å². The molecule has 2 aliphatic rings. The van der Waals surface area contributed by atoms with E-state index in [0.29, 0.717) is 0 Å². The Morgan fingerprint density at radius 2 is 2.00 bits per heavy atom. The van der Waals surface area contributed by atoms with Crippen LogP contribution in [0.25, 0.3) is 0 Å². The lowest BCUT2D eigenvalue weighted by atomic mass is 9.66. The molecule has 0 spiro atoms. The zero-order chi connectivity index (χ0) is 14.2. The SMILES string of the molecule is CCCNCC1CCC(CCC)CC1C1CCCOC1. The van der Waals surface area contributed by atoms with Crippen LogP contribution in [-0.4, -0.2) is 26.3 Å². The lowest BCUT2D eigenvalue weighted by Crippen LogP contribution is -2.39. The molecule has 0 amide bonds. The molecule has 2 fully saturated rings. The Morgan fingerprint density at radius 1 is 1.10 bits per heavy atom. The van der Waals surface area contributed by atoms with Crippen molar-refractivity contribution >= 4 is 0 Å². The van der Waals surface area contributed by atoms with E-state index in [9.17, 15) is 0 Å². The monoisotopic (exact) mass is 281 g/mol. The van der Waals surface area contributed by atoms with Gasteiger partial charge in [0.25, 0.3) is 0 Å². The molecule has 1 aliphatic carbocycles. The van der Waals surface area contributed by atoms with Crippen LogP contribution in [0.2, 0.25) is 0 Å². The molecule has 1 aliphatic heterocycles. The van der Waals surface area contributed by atoms with E-state index in [1.165, 1.54) is 64.5 Å². The van der Waals surface area contributed by atoms with E-state index < -0.39 is 0 Å². The molecule has 4 atom stereocenters. The number of hydrogen-bond acceptors (Lipinski definition) is 2. The van der Waals surface area contributed by atoms with Gasteiger partial charge in [-0.25, -0.2) is 0 Å². The average Bonchev–Trinajstić information content (AvgIpc) is 2.50. The third-order valence-electron chi connectivity index (χ3n) is 5.49. The zero-order valence-electron chi connectivity index (χ0n) is 13.7. The molecular weight excluding hydrogens is 246 g/mol. The van der Waals surface area contributed by atoms with E-state index in [-0.39, 0.29) is 0 Å². The van der Waals surface area contributed by atoms with Crippen molar-refractivity contribution in [2.75, 3.05) is 26.3 Å². The van der Waals surface area contributed by atoms with E-state index in [2.05, 4.69) is 19.2 Å². The molecule has 1 saturated heterocycles. The summed E-state index contributed by atoms with van der Waals surface area (Å²) in [5.41, 5.74) is 0. The summed E-state index contributed by atoms with van der Waals surface area (Å²) in [5.74, 6) is 3.66. The maximum atomic E-state index is 5.78. The highest BCUT2D eigenvalue weighted by Crippen LogP contribution is 2.42. The smallest absolute Gasteiger partial charge is 0.0497 e. The summed E-state index contributed by atoms with van der Waals surface area (Å²) in [6.45, 7) is 9.07. The van der Waals surface area contributed by atoms with Gasteiger partial charge < -0.3 is 10.1 Å². The molecule has 0 aromatic carbocycles. The van der Waals surface area contributed by atoms with Crippen LogP contribution in [0.1, 0.15) is 65.2 Å². The highest BCUT2D eigenvalue weighted by atomic mass is 16.5. The molecule has 4 unspecified atom stereocenters. The maximum Gasteiger partial charge on any atom is 0.0497 e. The molecule has 0 aromatic rings. The number of ether oxygens (including phenoxy) is 1. The molecule has 2 nitrogen and oxygen atoms in total. The van der Waals surface area contributed by atoms with Crippen LogP contribution >= 0.6 is 0 Å². The summed E-state index contributed by atoms with van der Waals surface area (Å²) in [6, 6.07) is 0. The molecule has 0 bridgehead atoms. The van der Waals surface area contributed by atoms with Gasteiger partial charge in [0, 0.05) is 13.2 Å². The molecule has 118 valence electrons. The normalized spacial score (nSPS) is 35.1. The number of rotatable bonds is 7. The fraction of sp³-hybridized carbons (Fsp3) is 1.00. The molecule has 1 N–H and O–H groups in total. The van der Waals surface area contributed by atoms with Gasteiger partial charge in [-0.2, -0.15) is 0 Å². The Bertz CT molecular complexity index is 250. The molecular formula is C18H35NO. The molecule has 20 heavy (non-hydrogen) atoms. The molecule has 2 heteroatoms. The van der Waals surface area contributed by atoms with Gasteiger partial charge in [-0.3, -0.25) is 0 Å². The standard InChI is InChI=1S/C18H35NO/c1-3-6-15-8-9-16(13-19-10-4-2)18(12-15)17-7-5-11-20-14-17/h15-19H,3-14H2,1-2H3. The van der Waals surface area contributed by atoms with Gasteiger partial charge in [-0.15, -0.1) is 0 Å². The van der Waals surface area contributed by atoms with Crippen molar-refractivity contribution in [3.05, 3.63) is 0 Å². The van der Waals surface area contributed by atoms with Crippen LogP contribution in [0.4, 0.5) is 0 Å². The first kappa shape index (κ1) is 16.3. The van der Waals surface area contributed by atoms with Gasteiger partial charge >= 0.3 is 0 Å². The second-order valence-electron chi connectivity index (χ2n) is 7.07. The minimum Gasteiger partial charge on any atom is -0.381 e. The van der Waals surface area contributed by atoms with Crippen LogP contribution in [0.3, 0.4) is 0 Å². The fourth-order valence-corrected chi connectivity index (χ4v) is 4.43. The minimum atomic E-state index is 0.844. The summed E-state index contributed by atoms with van der Waals surface area (Å²) >= 11 is 0. The lowest BCUT2D eigenvalue weighted by Gasteiger charge is -2.42. The second kappa shape index (κ2) is 9.04. The van der Waals surface area contributed by atoms with E-state index in [0.717, 1.165) is 36.9 Å². The third-order valence-corrected chi connectivity index (χ3v) is 5.49. The Kier molecular flexibility index (Phi) is 7.37. The van der Waals surface area contributed by atoms with Crippen LogP contribution in [0.15, 0.2) is 0 Å². The quantitative estimate of drug-likeness (QED) is 0.705. The Balaban J connectivity index is 1.90. The van der Waals surface area contributed by atoms with Crippen molar-refractivity contribution in [2.24, 2.45) is 23.7 Å². The highest BCUT2D eigenvalue weighted by molar-refractivity contribution is 4.86. The second-order valence-corrected chi connectivity index (χ2v) is 7.07. The molecule has 1 saturated carbocycles. The van der Waals surface area contributed by atoms with Gasteiger partial charge in [0.1, 0.15) is 0 Å². The van der Waals surface area contributed by atoms with Gasteiger partial charge in [-0.1, -0.05) is 33.1 Å². The minimum absolute atomic E-state index is 0.844. The highest BCUT2D eigenvalue weighted by Gasteiger charge is 2.35. The number of hydrogen-bond donors (Lipinski definition) is 1. The third kappa shape index (κ3) is 4.73. The first-order valence-electron chi connectivity index (χ1n) is 9.13. The molecule has 1 heterocycles. The summed E-state index contributed by atoms with van der Waals surface area (Å²) in [4.78, 5) is 0. The Labute approximate surface area is 126 Å². The van der Waals surface area contributed by atoms with Crippen LogP contribution in [0.5, 0.6) is 0 Å². The molecule has 2 rings (SSSR count). The van der Waals surface area contributed by atoms with Crippen LogP contribution < -0.4 is 5.32 Å². The predicted octanol–water partition coefficient (Wildman–Crippen LogP) is 4.25. The summed E-state index contributed by atoms with van der Waals surface area (Å²) < 4.78 is 5.78. The molecule has 0 aromatic heterocycles. The van der Waals surface area contributed by atoms with Crippen molar-refractivity contribution in [3.8, 4) is 0 Å². The van der Waals surface area contributed by atoms with Gasteiger partial charge in [0.2, 0.25) is 0 Å². The van der Waals surface area contributed by atoms with Crippen molar-refractivity contribution < 1.29 is 4.74 Å². The average molecular weight is 281 g/mol. The summed E-state index contributed by atoms with van der Waals surface area (Å²) in [7, 11) is 0. The Hall–Kier alpha value is -0.0800. The van der Waals surface area contributed by atoms with E-state index >= 15 is 0 Å².